The van der Waals surface area contributed by atoms with Crippen LogP contribution >= 0.6 is 27.7 Å². The summed E-state index contributed by atoms with van der Waals surface area (Å²) in [4.78, 5) is 19.0. The summed E-state index contributed by atoms with van der Waals surface area (Å²) >= 11 is 4.13. The maximum atomic E-state index is 12.5. The number of alkyl halides is 3. The standard InChI is InChI=1S/C13H8BrF3N2OS/c14-9-3-1-8(2-4-9)10(20)7-21-12-18-6-5-11(19-12)13(15,16)17/h1-6H,7H2. The quantitative estimate of drug-likeness (QED) is 0.454. The van der Waals surface area contributed by atoms with Gasteiger partial charge in [-0.25, -0.2) is 9.97 Å². The van der Waals surface area contributed by atoms with Crippen LogP contribution in [0.25, 0.3) is 0 Å². The number of hydrogen-bond acceptors (Lipinski definition) is 4. The summed E-state index contributed by atoms with van der Waals surface area (Å²) < 4.78 is 38.3. The molecule has 0 aliphatic rings. The van der Waals surface area contributed by atoms with Crippen molar-refractivity contribution in [2.24, 2.45) is 0 Å². The second-order valence-electron chi connectivity index (χ2n) is 3.94. The normalized spacial score (nSPS) is 11.4. The first kappa shape index (κ1) is 16.0. The van der Waals surface area contributed by atoms with Crippen LogP contribution < -0.4 is 0 Å². The van der Waals surface area contributed by atoms with Gasteiger partial charge < -0.3 is 0 Å². The lowest BCUT2D eigenvalue weighted by Gasteiger charge is -2.06. The topological polar surface area (TPSA) is 42.9 Å². The molecule has 110 valence electrons. The molecule has 2 rings (SSSR count). The van der Waals surface area contributed by atoms with Gasteiger partial charge in [-0.05, 0) is 18.2 Å². The lowest BCUT2D eigenvalue weighted by Crippen LogP contribution is -2.09. The average molecular weight is 377 g/mol. The lowest BCUT2D eigenvalue weighted by molar-refractivity contribution is -0.141. The molecule has 0 aliphatic carbocycles. The van der Waals surface area contributed by atoms with Gasteiger partial charge in [-0.15, -0.1) is 0 Å². The van der Waals surface area contributed by atoms with Crippen LogP contribution in [-0.4, -0.2) is 21.5 Å². The van der Waals surface area contributed by atoms with Gasteiger partial charge in [0.2, 0.25) is 0 Å². The zero-order valence-electron chi connectivity index (χ0n) is 10.4. The number of nitrogens with zero attached hydrogens (tertiary/aromatic N) is 2. The first-order valence-corrected chi connectivity index (χ1v) is 7.46. The van der Waals surface area contributed by atoms with Gasteiger partial charge in [0.15, 0.2) is 10.9 Å². The Balaban J connectivity index is 2.03. The molecular weight excluding hydrogens is 369 g/mol. The monoisotopic (exact) mass is 376 g/mol. The van der Waals surface area contributed by atoms with Gasteiger partial charge in [0, 0.05) is 16.2 Å². The molecule has 3 nitrogen and oxygen atoms in total. The molecule has 0 fully saturated rings. The van der Waals surface area contributed by atoms with Crippen molar-refractivity contribution in [1.82, 2.24) is 9.97 Å². The smallest absolute Gasteiger partial charge is 0.293 e. The number of Topliss-reactive ketones (excluding diaryl/α,β-unsaturated/α-hetero) is 1. The molecular formula is C13H8BrF3N2OS. The maximum Gasteiger partial charge on any atom is 0.433 e. The maximum absolute atomic E-state index is 12.5. The van der Waals surface area contributed by atoms with E-state index < -0.39 is 11.9 Å². The van der Waals surface area contributed by atoms with Gasteiger partial charge in [-0.3, -0.25) is 4.79 Å². The van der Waals surface area contributed by atoms with Crippen LogP contribution in [0.3, 0.4) is 0 Å². The highest BCUT2D eigenvalue weighted by Gasteiger charge is 2.32. The van der Waals surface area contributed by atoms with Gasteiger partial charge >= 0.3 is 6.18 Å². The summed E-state index contributed by atoms with van der Waals surface area (Å²) in [6.45, 7) is 0. The van der Waals surface area contributed by atoms with Crippen molar-refractivity contribution in [2.75, 3.05) is 5.75 Å². The molecule has 0 saturated carbocycles. The number of aromatic nitrogens is 2. The average Bonchev–Trinajstić information content (AvgIpc) is 2.45. The lowest BCUT2D eigenvalue weighted by atomic mass is 10.2. The molecule has 0 amide bonds. The first-order chi connectivity index (χ1) is 9.86. The van der Waals surface area contributed by atoms with Crippen molar-refractivity contribution in [3.8, 4) is 0 Å². The van der Waals surface area contributed by atoms with Gasteiger partial charge in [0.05, 0.1) is 5.75 Å². The Labute approximate surface area is 131 Å². The summed E-state index contributed by atoms with van der Waals surface area (Å²) in [5.74, 6) is -0.225. The molecule has 8 heteroatoms. The third kappa shape index (κ3) is 4.53. The fraction of sp³-hybridized carbons (Fsp3) is 0.154. The van der Waals surface area contributed by atoms with E-state index in [1.54, 1.807) is 24.3 Å². The second kappa shape index (κ2) is 6.57. The minimum Gasteiger partial charge on any atom is -0.293 e. The van der Waals surface area contributed by atoms with E-state index in [-0.39, 0.29) is 16.7 Å². The number of rotatable bonds is 4. The van der Waals surface area contributed by atoms with Crippen LogP contribution in [0.2, 0.25) is 0 Å². The molecule has 0 aliphatic heterocycles. The Morgan fingerprint density at radius 1 is 1.19 bits per heavy atom. The summed E-state index contributed by atoms with van der Waals surface area (Å²) in [5, 5.41) is -0.0738. The third-order valence-corrected chi connectivity index (χ3v) is 3.81. The van der Waals surface area contributed by atoms with Crippen molar-refractivity contribution in [2.45, 2.75) is 11.3 Å². The predicted molar refractivity (Wildman–Crippen MR) is 76.2 cm³/mol. The number of thioether (sulfide) groups is 1. The van der Waals surface area contributed by atoms with Crippen LogP contribution in [0.4, 0.5) is 13.2 Å². The van der Waals surface area contributed by atoms with Crippen molar-refractivity contribution in [3.05, 3.63) is 52.3 Å². The highest BCUT2D eigenvalue weighted by Crippen LogP contribution is 2.28. The molecule has 0 radical (unpaired) electrons. The van der Waals surface area contributed by atoms with Gasteiger partial charge in [0.1, 0.15) is 5.69 Å². The molecule has 1 heterocycles. The molecule has 2 aromatic rings. The second-order valence-corrected chi connectivity index (χ2v) is 5.80. The van der Waals surface area contributed by atoms with Crippen LogP contribution in [0.1, 0.15) is 16.1 Å². The Hall–Kier alpha value is -1.41. The molecule has 0 bridgehead atoms. The molecule has 0 atom stereocenters. The zero-order chi connectivity index (χ0) is 15.5. The predicted octanol–water partition coefficient (Wildman–Crippen LogP) is 4.23. The number of benzene rings is 1. The van der Waals surface area contributed by atoms with Crippen LogP contribution in [0.15, 0.2) is 46.2 Å². The number of carbonyl (C=O) groups is 1. The van der Waals surface area contributed by atoms with E-state index >= 15 is 0 Å². The summed E-state index contributed by atoms with van der Waals surface area (Å²) in [5.41, 5.74) is -0.534. The van der Waals surface area contributed by atoms with Crippen LogP contribution in [0, 0.1) is 0 Å². The highest BCUT2D eigenvalue weighted by atomic mass is 79.9. The fourth-order valence-corrected chi connectivity index (χ4v) is 2.41. The Bertz CT molecular complexity index is 647. The fourth-order valence-electron chi connectivity index (χ4n) is 1.42. The first-order valence-electron chi connectivity index (χ1n) is 5.68. The number of ketones is 1. The van der Waals surface area contributed by atoms with Gasteiger partial charge in [-0.1, -0.05) is 39.8 Å². The van der Waals surface area contributed by atoms with Crippen molar-refractivity contribution in [3.63, 3.8) is 0 Å². The Morgan fingerprint density at radius 3 is 2.48 bits per heavy atom. The van der Waals surface area contributed by atoms with Crippen LogP contribution in [0.5, 0.6) is 0 Å². The molecule has 1 aromatic heterocycles. The molecule has 0 saturated heterocycles. The third-order valence-electron chi connectivity index (χ3n) is 2.42. The number of carbonyl (C=O) groups excluding carboxylic acids is 1. The SMILES string of the molecule is O=C(CSc1nccc(C(F)(F)F)n1)c1ccc(Br)cc1. The summed E-state index contributed by atoms with van der Waals surface area (Å²) in [6.07, 6.45) is -3.49. The molecule has 1 aromatic carbocycles. The zero-order valence-corrected chi connectivity index (χ0v) is 12.8. The molecule has 0 unspecified atom stereocenters. The van der Waals surface area contributed by atoms with Crippen molar-refractivity contribution in [1.29, 1.82) is 0 Å². The van der Waals surface area contributed by atoms with E-state index in [1.807, 2.05) is 0 Å². The van der Waals surface area contributed by atoms with E-state index in [0.717, 1.165) is 28.5 Å². The van der Waals surface area contributed by atoms with Crippen molar-refractivity contribution >= 4 is 33.5 Å². The summed E-state index contributed by atoms with van der Waals surface area (Å²) in [7, 11) is 0. The molecule has 21 heavy (non-hydrogen) atoms. The van der Waals surface area contributed by atoms with Gasteiger partial charge in [-0.2, -0.15) is 13.2 Å². The molecule has 0 N–H and O–H groups in total. The van der Waals surface area contributed by atoms with E-state index in [4.69, 9.17) is 0 Å². The highest BCUT2D eigenvalue weighted by molar-refractivity contribution is 9.10. The van der Waals surface area contributed by atoms with E-state index in [0.29, 0.717) is 5.56 Å². The van der Waals surface area contributed by atoms with Crippen molar-refractivity contribution < 1.29 is 18.0 Å². The van der Waals surface area contributed by atoms with E-state index in [2.05, 4.69) is 25.9 Å². The Morgan fingerprint density at radius 2 is 1.86 bits per heavy atom. The van der Waals surface area contributed by atoms with Gasteiger partial charge in [0.25, 0.3) is 0 Å². The number of halogens is 4. The van der Waals surface area contributed by atoms with Crippen LogP contribution in [-0.2, 0) is 6.18 Å². The summed E-state index contributed by atoms with van der Waals surface area (Å²) in [6, 6.07) is 7.51. The minimum atomic E-state index is -4.52. The van der Waals surface area contributed by atoms with E-state index in [1.165, 1.54) is 0 Å². The molecule has 0 spiro atoms. The Kier molecular flexibility index (Phi) is 5.00. The minimum absolute atomic E-state index is 0.0249. The largest absolute Gasteiger partial charge is 0.433 e. The van der Waals surface area contributed by atoms with E-state index in [9.17, 15) is 18.0 Å². The number of hydrogen-bond donors (Lipinski definition) is 0.